The summed E-state index contributed by atoms with van der Waals surface area (Å²) in [5.41, 5.74) is 1.16. The van der Waals surface area contributed by atoms with E-state index >= 15 is 0 Å². The molecule has 0 amide bonds. The maximum atomic E-state index is 12.0. The van der Waals surface area contributed by atoms with Crippen LogP contribution in [-0.2, 0) is 29.7 Å². The first-order valence-electron chi connectivity index (χ1n) is 10.2. The summed E-state index contributed by atoms with van der Waals surface area (Å²) in [6.07, 6.45) is 1.54. The summed E-state index contributed by atoms with van der Waals surface area (Å²) in [5, 5.41) is 11.8. The van der Waals surface area contributed by atoms with Crippen LogP contribution < -0.4 is 5.32 Å². The van der Waals surface area contributed by atoms with Gasteiger partial charge in [-0.25, -0.2) is 4.99 Å². The topological polar surface area (TPSA) is 84.6 Å². The molecule has 0 radical (unpaired) electrons. The van der Waals surface area contributed by atoms with Gasteiger partial charge in [0.15, 0.2) is 11.8 Å². The van der Waals surface area contributed by atoms with Gasteiger partial charge in [0.1, 0.15) is 5.82 Å². The number of likely N-dealkylation sites (tertiary alicyclic amines) is 1. The highest BCUT2D eigenvalue weighted by Gasteiger charge is 2.27. The normalized spacial score (nSPS) is 15.4. The van der Waals surface area contributed by atoms with E-state index in [1.54, 1.807) is 0 Å². The van der Waals surface area contributed by atoms with Crippen LogP contribution in [0.2, 0.25) is 0 Å². The predicted octanol–water partition coefficient (Wildman–Crippen LogP) is 2.04. The lowest BCUT2D eigenvalue weighted by molar-refractivity contribution is -0.149. The molecule has 0 atom stereocenters. The van der Waals surface area contributed by atoms with Gasteiger partial charge in [-0.3, -0.25) is 4.79 Å². The molecule has 1 aromatic heterocycles. The fourth-order valence-corrected chi connectivity index (χ4v) is 3.37. The number of guanidine groups is 1. The number of aliphatic imine (C=N–C) groups is 1. The van der Waals surface area contributed by atoms with Gasteiger partial charge in [-0.1, -0.05) is 30.3 Å². The number of aryl methyl sites for hydroxylation is 1. The third-order valence-corrected chi connectivity index (χ3v) is 5.26. The van der Waals surface area contributed by atoms with Crippen molar-refractivity contribution in [3.05, 3.63) is 47.5 Å². The Morgan fingerprint density at radius 1 is 1.24 bits per heavy atom. The summed E-state index contributed by atoms with van der Waals surface area (Å²) >= 11 is 0. The van der Waals surface area contributed by atoms with E-state index in [-0.39, 0.29) is 11.9 Å². The van der Waals surface area contributed by atoms with E-state index in [1.807, 2.05) is 43.7 Å². The Balaban J connectivity index is 1.67. The number of carbonyl (C=O) groups excluding carboxylic acids is 1. The molecule has 1 aliphatic rings. The summed E-state index contributed by atoms with van der Waals surface area (Å²) < 4.78 is 7.15. The number of nitrogens with zero attached hydrogens (tertiary/aromatic N) is 5. The molecular formula is C21H30N6O2. The monoisotopic (exact) mass is 398 g/mol. The van der Waals surface area contributed by atoms with Gasteiger partial charge < -0.3 is 19.5 Å². The van der Waals surface area contributed by atoms with Crippen molar-refractivity contribution in [2.45, 2.75) is 39.8 Å². The zero-order valence-corrected chi connectivity index (χ0v) is 17.5. The number of aromatic nitrogens is 3. The van der Waals surface area contributed by atoms with Crippen LogP contribution >= 0.6 is 0 Å². The lowest BCUT2D eigenvalue weighted by Crippen LogP contribution is -2.46. The number of esters is 1. The number of rotatable bonds is 6. The Kier molecular flexibility index (Phi) is 7.21. The van der Waals surface area contributed by atoms with Crippen LogP contribution in [0.25, 0.3) is 0 Å². The van der Waals surface area contributed by atoms with Gasteiger partial charge in [0.2, 0.25) is 0 Å². The summed E-state index contributed by atoms with van der Waals surface area (Å²) in [6, 6.07) is 10.2. The summed E-state index contributed by atoms with van der Waals surface area (Å²) in [4.78, 5) is 19.1. The molecule has 0 aliphatic carbocycles. The van der Waals surface area contributed by atoms with Crippen LogP contribution in [0.3, 0.4) is 0 Å². The van der Waals surface area contributed by atoms with Gasteiger partial charge in [-0.05, 0) is 32.3 Å². The van der Waals surface area contributed by atoms with Crippen LogP contribution in [0.1, 0.15) is 37.0 Å². The number of ether oxygens (including phenoxy) is 1. The van der Waals surface area contributed by atoms with Crippen molar-refractivity contribution in [2.75, 3.05) is 19.7 Å². The first-order valence-corrected chi connectivity index (χ1v) is 10.2. The van der Waals surface area contributed by atoms with Crippen molar-refractivity contribution in [1.82, 2.24) is 25.0 Å². The highest BCUT2D eigenvalue weighted by Crippen LogP contribution is 2.19. The van der Waals surface area contributed by atoms with Crippen molar-refractivity contribution in [2.24, 2.45) is 18.0 Å². The van der Waals surface area contributed by atoms with Crippen molar-refractivity contribution >= 4 is 11.9 Å². The highest BCUT2D eigenvalue weighted by atomic mass is 16.5. The molecule has 8 nitrogen and oxygen atoms in total. The Morgan fingerprint density at radius 3 is 2.59 bits per heavy atom. The quantitative estimate of drug-likeness (QED) is 0.455. The molecule has 8 heteroatoms. The molecule has 1 saturated heterocycles. The average molecular weight is 399 g/mol. The fraction of sp³-hybridized carbons (Fsp3) is 0.524. The standard InChI is InChI=1S/C21H30N6O2/c1-4-29-20(28)18-10-12-27(13-11-18)21(22-14-17-8-6-5-7-9-17)23-15-19-25-24-16(2)26(19)3/h5-9,18H,4,10-15H2,1-3H3,(H,22,23). The minimum Gasteiger partial charge on any atom is -0.466 e. The van der Waals surface area contributed by atoms with Crippen molar-refractivity contribution in [3.8, 4) is 0 Å². The summed E-state index contributed by atoms with van der Waals surface area (Å²) in [7, 11) is 1.96. The Labute approximate surface area is 172 Å². The second kappa shape index (κ2) is 10.0. The molecule has 156 valence electrons. The molecule has 0 spiro atoms. The molecule has 0 saturated carbocycles. The number of benzene rings is 1. The lowest BCUT2D eigenvalue weighted by Gasteiger charge is -2.33. The number of carbonyl (C=O) groups is 1. The maximum Gasteiger partial charge on any atom is 0.309 e. The maximum absolute atomic E-state index is 12.0. The smallest absolute Gasteiger partial charge is 0.309 e. The second-order valence-corrected chi connectivity index (χ2v) is 7.21. The van der Waals surface area contributed by atoms with E-state index in [4.69, 9.17) is 9.73 Å². The number of hydrogen-bond acceptors (Lipinski definition) is 5. The van der Waals surface area contributed by atoms with E-state index < -0.39 is 0 Å². The van der Waals surface area contributed by atoms with Crippen LogP contribution in [0.5, 0.6) is 0 Å². The third-order valence-electron chi connectivity index (χ3n) is 5.26. The molecule has 0 unspecified atom stereocenters. The van der Waals surface area contributed by atoms with Gasteiger partial charge in [0.25, 0.3) is 0 Å². The second-order valence-electron chi connectivity index (χ2n) is 7.21. The Bertz CT molecular complexity index is 825. The van der Waals surface area contributed by atoms with Crippen LogP contribution in [0, 0.1) is 12.8 Å². The lowest BCUT2D eigenvalue weighted by atomic mass is 9.97. The summed E-state index contributed by atoms with van der Waals surface area (Å²) in [5.74, 6) is 2.45. The van der Waals surface area contributed by atoms with E-state index in [0.29, 0.717) is 19.7 Å². The molecular weight excluding hydrogens is 368 g/mol. The van der Waals surface area contributed by atoms with Gasteiger partial charge in [0.05, 0.1) is 25.6 Å². The van der Waals surface area contributed by atoms with E-state index in [2.05, 4.69) is 32.5 Å². The number of piperidine rings is 1. The Morgan fingerprint density at radius 2 is 1.97 bits per heavy atom. The largest absolute Gasteiger partial charge is 0.466 e. The van der Waals surface area contributed by atoms with Crippen molar-refractivity contribution in [1.29, 1.82) is 0 Å². The Hall–Kier alpha value is -2.90. The van der Waals surface area contributed by atoms with E-state index in [1.165, 1.54) is 0 Å². The molecule has 1 N–H and O–H groups in total. The third kappa shape index (κ3) is 5.56. The number of hydrogen-bond donors (Lipinski definition) is 1. The highest BCUT2D eigenvalue weighted by molar-refractivity contribution is 5.80. The van der Waals surface area contributed by atoms with Crippen molar-refractivity contribution in [3.63, 3.8) is 0 Å². The first kappa shape index (κ1) is 20.8. The molecule has 2 aromatic rings. The van der Waals surface area contributed by atoms with E-state index in [9.17, 15) is 4.79 Å². The van der Waals surface area contributed by atoms with Crippen LogP contribution in [-0.4, -0.2) is 51.3 Å². The van der Waals surface area contributed by atoms with Gasteiger partial charge in [-0.2, -0.15) is 0 Å². The van der Waals surface area contributed by atoms with Crippen LogP contribution in [0.4, 0.5) is 0 Å². The molecule has 29 heavy (non-hydrogen) atoms. The molecule has 1 fully saturated rings. The minimum absolute atomic E-state index is 0.0250. The number of nitrogens with one attached hydrogen (secondary N) is 1. The molecule has 0 bridgehead atoms. The average Bonchev–Trinajstić information content (AvgIpc) is 3.07. The molecule has 3 rings (SSSR count). The predicted molar refractivity (Wildman–Crippen MR) is 111 cm³/mol. The zero-order chi connectivity index (χ0) is 20.6. The molecule has 1 aliphatic heterocycles. The van der Waals surface area contributed by atoms with E-state index in [0.717, 1.165) is 49.1 Å². The molecule has 1 aromatic carbocycles. The summed E-state index contributed by atoms with van der Waals surface area (Å²) in [6.45, 7) is 6.88. The minimum atomic E-state index is -0.0857. The zero-order valence-electron chi connectivity index (χ0n) is 17.5. The molecule has 2 heterocycles. The van der Waals surface area contributed by atoms with Gasteiger partial charge in [0, 0.05) is 20.1 Å². The first-order chi connectivity index (χ1) is 14.1. The van der Waals surface area contributed by atoms with Gasteiger partial charge >= 0.3 is 5.97 Å². The fourth-order valence-electron chi connectivity index (χ4n) is 3.37. The van der Waals surface area contributed by atoms with Crippen molar-refractivity contribution < 1.29 is 9.53 Å². The van der Waals surface area contributed by atoms with Gasteiger partial charge in [-0.15, -0.1) is 10.2 Å². The van der Waals surface area contributed by atoms with Crippen LogP contribution in [0.15, 0.2) is 35.3 Å². The SMILES string of the molecule is CCOC(=O)C1CCN(C(=NCc2ccccc2)NCc2nnc(C)n2C)CC1.